The summed E-state index contributed by atoms with van der Waals surface area (Å²) in [7, 11) is 0. The van der Waals surface area contributed by atoms with Crippen molar-refractivity contribution in [2.75, 3.05) is 0 Å². The third-order valence-electron chi connectivity index (χ3n) is 4.73. The number of hydrogen-bond donors (Lipinski definition) is 0. The highest BCUT2D eigenvalue weighted by Crippen LogP contribution is 2.31. The molecule has 0 radical (unpaired) electrons. The van der Waals surface area contributed by atoms with E-state index >= 15 is 0 Å². The van der Waals surface area contributed by atoms with Gasteiger partial charge >= 0.3 is 6.18 Å². The predicted molar refractivity (Wildman–Crippen MR) is 120 cm³/mol. The lowest BCUT2D eigenvalue weighted by Gasteiger charge is -2.11. The lowest BCUT2D eigenvalue weighted by molar-refractivity contribution is -0.137. The van der Waals surface area contributed by atoms with Crippen molar-refractivity contribution in [3.05, 3.63) is 87.9 Å². The molecule has 5 rings (SSSR count). The van der Waals surface area contributed by atoms with Crippen LogP contribution >= 0.6 is 23.1 Å². The third kappa shape index (κ3) is 4.29. The van der Waals surface area contributed by atoms with Gasteiger partial charge in [0.05, 0.1) is 22.5 Å². The molecule has 0 aliphatic carbocycles. The van der Waals surface area contributed by atoms with Crippen LogP contribution in [0.3, 0.4) is 0 Å². The fraction of sp³-hybridized carbons (Fsp3) is 0.0909. The maximum atomic E-state index is 13.1. The second kappa shape index (κ2) is 8.49. The van der Waals surface area contributed by atoms with Gasteiger partial charge in [0.25, 0.3) is 5.56 Å². The molecule has 0 amide bonds. The topological polar surface area (TPSA) is 73.8 Å². The second-order valence-electron chi connectivity index (χ2n) is 6.88. The molecule has 2 aromatic carbocycles. The minimum absolute atomic E-state index is 0.167. The molecule has 0 unspecified atom stereocenters. The molecule has 3 aromatic heterocycles. The number of para-hydroxylation sites is 1. The van der Waals surface area contributed by atoms with E-state index in [2.05, 4.69) is 15.1 Å². The molecule has 11 heteroatoms. The Hall–Kier alpha value is -3.44. The zero-order valence-electron chi connectivity index (χ0n) is 16.6. The Morgan fingerprint density at radius 2 is 1.76 bits per heavy atom. The molecule has 33 heavy (non-hydrogen) atoms. The number of thioether (sulfide) groups is 1. The van der Waals surface area contributed by atoms with Crippen LogP contribution in [0, 0.1) is 0 Å². The van der Waals surface area contributed by atoms with E-state index in [0.717, 1.165) is 12.1 Å². The van der Waals surface area contributed by atoms with Crippen molar-refractivity contribution >= 4 is 33.3 Å². The summed E-state index contributed by atoms with van der Waals surface area (Å²) in [5, 5.41) is 6.14. The number of benzene rings is 2. The van der Waals surface area contributed by atoms with Gasteiger partial charge in [-0.2, -0.15) is 18.2 Å². The maximum Gasteiger partial charge on any atom is 0.416 e. The van der Waals surface area contributed by atoms with E-state index in [1.54, 1.807) is 6.07 Å². The zero-order chi connectivity index (χ0) is 23.0. The Balaban J connectivity index is 1.42. The van der Waals surface area contributed by atoms with Gasteiger partial charge in [-0.1, -0.05) is 47.3 Å². The summed E-state index contributed by atoms with van der Waals surface area (Å²) in [5.41, 5.74) is 0.778. The molecular weight excluding hydrogens is 473 g/mol. The van der Waals surface area contributed by atoms with Crippen molar-refractivity contribution in [2.45, 2.75) is 17.1 Å². The lowest BCUT2D eigenvalue weighted by atomic mass is 10.1. The minimum Gasteiger partial charge on any atom is -0.338 e. The lowest BCUT2D eigenvalue weighted by Crippen LogP contribution is -2.20. The Bertz CT molecular complexity index is 1480. The molecule has 0 atom stereocenters. The molecule has 0 saturated carbocycles. The van der Waals surface area contributed by atoms with Crippen molar-refractivity contribution in [1.82, 2.24) is 19.7 Å². The van der Waals surface area contributed by atoms with Gasteiger partial charge in [-0.05, 0) is 35.7 Å². The molecule has 0 bridgehead atoms. The van der Waals surface area contributed by atoms with E-state index in [9.17, 15) is 18.0 Å². The first kappa shape index (κ1) is 21.4. The number of aromatic nitrogens is 4. The Kier molecular flexibility index (Phi) is 5.51. The van der Waals surface area contributed by atoms with Crippen molar-refractivity contribution in [3.8, 4) is 17.1 Å². The summed E-state index contributed by atoms with van der Waals surface area (Å²) in [6, 6.07) is 15.5. The summed E-state index contributed by atoms with van der Waals surface area (Å²) in [6.45, 7) is 0. The van der Waals surface area contributed by atoms with Gasteiger partial charge in [0, 0.05) is 5.56 Å². The van der Waals surface area contributed by atoms with Crippen LogP contribution in [0.4, 0.5) is 13.2 Å². The number of hydrogen-bond acceptors (Lipinski definition) is 7. The normalized spacial score (nSPS) is 11.8. The van der Waals surface area contributed by atoms with Gasteiger partial charge in [-0.25, -0.2) is 4.98 Å². The Labute approximate surface area is 192 Å². The van der Waals surface area contributed by atoms with E-state index in [1.165, 1.54) is 39.8 Å². The first-order valence-corrected chi connectivity index (χ1v) is 11.5. The first-order chi connectivity index (χ1) is 15.9. The highest BCUT2D eigenvalue weighted by molar-refractivity contribution is 7.98. The molecule has 5 aromatic rings. The number of rotatable bonds is 5. The molecule has 0 fully saturated rings. The average molecular weight is 487 g/mol. The molecule has 3 heterocycles. The predicted octanol–water partition coefficient (Wildman–Crippen LogP) is 5.81. The summed E-state index contributed by atoms with van der Waals surface area (Å²) in [5.74, 6) is 0.665. The maximum absolute atomic E-state index is 13.1. The van der Waals surface area contributed by atoms with Crippen LogP contribution in [0.25, 0.3) is 27.3 Å². The van der Waals surface area contributed by atoms with Crippen LogP contribution < -0.4 is 5.56 Å². The van der Waals surface area contributed by atoms with E-state index in [-0.39, 0.29) is 23.0 Å². The van der Waals surface area contributed by atoms with Crippen LogP contribution in [0.1, 0.15) is 11.5 Å². The summed E-state index contributed by atoms with van der Waals surface area (Å²) < 4.78 is 45.7. The molecule has 0 aliphatic heterocycles. The minimum atomic E-state index is -4.41. The molecule has 0 saturated heterocycles. The van der Waals surface area contributed by atoms with E-state index < -0.39 is 11.7 Å². The molecule has 6 nitrogen and oxygen atoms in total. The molecular formula is C22H13F3N4O2S2. The molecule has 0 spiro atoms. The van der Waals surface area contributed by atoms with Gasteiger partial charge in [0.15, 0.2) is 5.16 Å². The largest absolute Gasteiger partial charge is 0.416 e. The fourth-order valence-electron chi connectivity index (χ4n) is 3.16. The quantitative estimate of drug-likeness (QED) is 0.231. The average Bonchev–Trinajstić information content (AvgIpc) is 3.48. The summed E-state index contributed by atoms with van der Waals surface area (Å²) in [6.07, 6.45) is -4.41. The highest BCUT2D eigenvalue weighted by Gasteiger charge is 2.30. The van der Waals surface area contributed by atoms with E-state index in [0.29, 0.717) is 26.6 Å². The summed E-state index contributed by atoms with van der Waals surface area (Å²) in [4.78, 5) is 22.0. The van der Waals surface area contributed by atoms with Crippen LogP contribution in [0.2, 0.25) is 0 Å². The third-order valence-corrected chi connectivity index (χ3v) is 6.54. The van der Waals surface area contributed by atoms with Gasteiger partial charge in [-0.15, -0.1) is 11.3 Å². The number of fused-ring (bicyclic) bond motifs is 1. The van der Waals surface area contributed by atoms with E-state index in [1.807, 2.05) is 35.7 Å². The number of halogens is 3. The van der Waals surface area contributed by atoms with E-state index in [4.69, 9.17) is 4.52 Å². The highest BCUT2D eigenvalue weighted by atomic mass is 32.2. The SMILES string of the molecule is O=c1c2sccc2nc(SCc2nc(-c3ccc(C(F)(F)F)cc3)no2)n1-c1ccccc1. The van der Waals surface area contributed by atoms with Crippen LogP contribution in [-0.4, -0.2) is 19.7 Å². The van der Waals surface area contributed by atoms with Crippen molar-refractivity contribution in [1.29, 1.82) is 0 Å². The van der Waals surface area contributed by atoms with Crippen molar-refractivity contribution < 1.29 is 17.7 Å². The van der Waals surface area contributed by atoms with Crippen LogP contribution in [-0.2, 0) is 11.9 Å². The zero-order valence-corrected chi connectivity index (χ0v) is 18.2. The van der Waals surface area contributed by atoms with Gasteiger partial charge in [0.1, 0.15) is 4.70 Å². The molecule has 0 aliphatic rings. The Morgan fingerprint density at radius 1 is 1.00 bits per heavy atom. The standard InChI is InChI=1S/C22H13F3N4O2S2/c23-22(24,25)14-8-6-13(7-9-14)19-27-17(31-28-19)12-33-21-26-16-10-11-32-18(16)20(30)29(21)15-4-2-1-3-5-15/h1-11H,12H2. The Morgan fingerprint density at radius 3 is 2.48 bits per heavy atom. The van der Waals surface area contributed by atoms with Gasteiger partial charge < -0.3 is 4.52 Å². The fourth-order valence-corrected chi connectivity index (χ4v) is 4.77. The van der Waals surface area contributed by atoms with Gasteiger partial charge in [0.2, 0.25) is 11.7 Å². The summed E-state index contributed by atoms with van der Waals surface area (Å²) >= 11 is 2.59. The van der Waals surface area contributed by atoms with Crippen LogP contribution in [0.5, 0.6) is 0 Å². The monoisotopic (exact) mass is 486 g/mol. The smallest absolute Gasteiger partial charge is 0.338 e. The second-order valence-corrected chi connectivity index (χ2v) is 8.74. The first-order valence-electron chi connectivity index (χ1n) is 9.59. The van der Waals surface area contributed by atoms with Crippen molar-refractivity contribution in [2.24, 2.45) is 0 Å². The molecule has 166 valence electrons. The van der Waals surface area contributed by atoms with Crippen LogP contribution in [0.15, 0.2) is 80.5 Å². The molecule has 0 N–H and O–H groups in total. The number of alkyl halides is 3. The van der Waals surface area contributed by atoms with Crippen molar-refractivity contribution in [3.63, 3.8) is 0 Å². The number of thiophene rings is 1. The van der Waals surface area contributed by atoms with Gasteiger partial charge in [-0.3, -0.25) is 9.36 Å². The number of nitrogens with zero attached hydrogens (tertiary/aromatic N) is 4.